The molecule has 0 amide bonds. The monoisotopic (exact) mass is 435 g/mol. The molecule has 1 aliphatic heterocycles. The Morgan fingerprint density at radius 2 is 1.69 bits per heavy atom. The maximum atomic E-state index is 12.8. The zero-order valence-electron chi connectivity index (χ0n) is 15.8. The van der Waals surface area contributed by atoms with Gasteiger partial charge in [-0.2, -0.15) is 26.3 Å². The van der Waals surface area contributed by atoms with E-state index in [1.807, 2.05) is 18.2 Å². The van der Waals surface area contributed by atoms with Crippen LogP contribution in [0.1, 0.15) is 42.3 Å². The van der Waals surface area contributed by atoms with Crippen LogP contribution in [0.15, 0.2) is 24.3 Å². The number of likely N-dealkylation sites (tertiary alicyclic amines) is 1. The third kappa shape index (κ3) is 5.51. The fraction of sp³-hybridized carbons (Fsp3) is 0.500. The first kappa shape index (κ1) is 22.1. The van der Waals surface area contributed by atoms with Gasteiger partial charge in [0.25, 0.3) is 0 Å². The molecule has 0 spiro atoms. The lowest BCUT2D eigenvalue weighted by Crippen LogP contribution is -2.38. The highest BCUT2D eigenvalue weighted by molar-refractivity contribution is 7.15. The number of thiazole rings is 1. The highest BCUT2D eigenvalue weighted by atomic mass is 32.1. The van der Waals surface area contributed by atoms with Gasteiger partial charge in [-0.3, -0.25) is 4.90 Å². The lowest BCUT2D eigenvalue weighted by Gasteiger charge is -2.32. The second-order valence-corrected chi connectivity index (χ2v) is 8.14. The molecular formula is C20H21F6N2S. The topological polar surface area (TPSA) is 16.1 Å². The summed E-state index contributed by atoms with van der Waals surface area (Å²) in [6.45, 7) is 3.11. The Hall–Kier alpha value is -1.61. The zero-order valence-corrected chi connectivity index (χ0v) is 16.6. The molecule has 1 saturated heterocycles. The van der Waals surface area contributed by atoms with Crippen LogP contribution in [-0.2, 0) is 12.7 Å². The van der Waals surface area contributed by atoms with Gasteiger partial charge < -0.3 is 0 Å². The molecule has 1 aromatic heterocycles. The summed E-state index contributed by atoms with van der Waals surface area (Å²) < 4.78 is 76.8. The van der Waals surface area contributed by atoms with Gasteiger partial charge in [0, 0.05) is 23.4 Å². The summed E-state index contributed by atoms with van der Waals surface area (Å²) in [7, 11) is 0. The first-order valence-electron chi connectivity index (χ1n) is 9.37. The van der Waals surface area contributed by atoms with Crippen molar-refractivity contribution in [2.45, 2.75) is 45.1 Å². The number of hydrogen-bond acceptors (Lipinski definition) is 3. The fourth-order valence-corrected chi connectivity index (χ4v) is 4.47. The molecule has 2 nitrogen and oxygen atoms in total. The van der Waals surface area contributed by atoms with Crippen LogP contribution >= 0.6 is 11.3 Å². The molecule has 1 radical (unpaired) electrons. The molecule has 0 N–H and O–H groups in total. The molecule has 9 heteroatoms. The molecule has 1 aliphatic rings. The minimum atomic E-state index is -4.39. The van der Waals surface area contributed by atoms with Crippen molar-refractivity contribution < 1.29 is 26.3 Å². The summed E-state index contributed by atoms with van der Waals surface area (Å²) in [6.07, 6.45) is -5.64. The van der Waals surface area contributed by atoms with Crippen molar-refractivity contribution in [2.24, 2.45) is 5.92 Å². The van der Waals surface area contributed by atoms with Gasteiger partial charge in [0.2, 0.25) is 0 Å². The number of nitrogens with zero attached hydrogens (tertiary/aromatic N) is 2. The molecule has 0 aliphatic carbocycles. The molecule has 0 atom stereocenters. The van der Waals surface area contributed by atoms with Crippen LogP contribution in [0.2, 0.25) is 0 Å². The number of halogens is 6. The van der Waals surface area contributed by atoms with Gasteiger partial charge in [-0.15, -0.1) is 11.3 Å². The van der Waals surface area contributed by atoms with Crippen molar-refractivity contribution in [2.75, 3.05) is 13.1 Å². The van der Waals surface area contributed by atoms with Crippen molar-refractivity contribution in [3.05, 3.63) is 46.8 Å². The van der Waals surface area contributed by atoms with E-state index >= 15 is 0 Å². The molecule has 0 saturated carbocycles. The van der Waals surface area contributed by atoms with Gasteiger partial charge in [0.05, 0.1) is 17.2 Å². The van der Waals surface area contributed by atoms with Crippen LogP contribution < -0.4 is 0 Å². The predicted molar refractivity (Wildman–Crippen MR) is 100 cm³/mol. The van der Waals surface area contributed by atoms with Crippen molar-refractivity contribution in [1.82, 2.24) is 9.88 Å². The molecule has 159 valence electrons. The average molecular weight is 435 g/mol. The first-order valence-corrected chi connectivity index (χ1v) is 10.2. The van der Waals surface area contributed by atoms with Crippen LogP contribution in [0, 0.1) is 12.3 Å². The van der Waals surface area contributed by atoms with Gasteiger partial charge in [-0.05, 0) is 44.5 Å². The fourth-order valence-electron chi connectivity index (χ4n) is 3.38. The highest BCUT2D eigenvalue weighted by Gasteiger charge is 2.41. The van der Waals surface area contributed by atoms with E-state index in [1.165, 1.54) is 23.5 Å². The number of alkyl halides is 6. The maximum absolute atomic E-state index is 12.8. The molecule has 29 heavy (non-hydrogen) atoms. The van der Waals surface area contributed by atoms with E-state index in [9.17, 15) is 26.3 Å². The number of hydrogen-bond donors (Lipinski definition) is 0. The maximum Gasteiger partial charge on any atom is 0.416 e. The normalized spacial score (nSPS) is 17.1. The lowest BCUT2D eigenvalue weighted by molar-refractivity contribution is -0.185. The summed E-state index contributed by atoms with van der Waals surface area (Å²) in [6, 6.07) is 4.86. The Kier molecular flexibility index (Phi) is 6.57. The van der Waals surface area contributed by atoms with Crippen LogP contribution in [0.5, 0.6) is 0 Å². The summed E-state index contributed by atoms with van der Waals surface area (Å²) in [5, 5.41) is 0.610. The smallest absolute Gasteiger partial charge is 0.297 e. The van der Waals surface area contributed by atoms with Crippen molar-refractivity contribution in [3.8, 4) is 10.6 Å². The number of aromatic nitrogens is 1. The Bertz CT molecular complexity index is 802. The molecule has 1 fully saturated rings. The Balaban J connectivity index is 1.74. The van der Waals surface area contributed by atoms with Crippen LogP contribution in [-0.4, -0.2) is 29.1 Å². The lowest BCUT2D eigenvalue weighted by atomic mass is 9.96. The van der Waals surface area contributed by atoms with Gasteiger partial charge in [0.1, 0.15) is 5.01 Å². The van der Waals surface area contributed by atoms with Crippen molar-refractivity contribution >= 4 is 11.3 Å². The predicted octanol–water partition coefficient (Wildman–Crippen LogP) is 6.57. The van der Waals surface area contributed by atoms with Crippen LogP contribution in [0.4, 0.5) is 26.3 Å². The number of rotatable bonds is 5. The SMILES string of the molecule is CC[CH]c1sc(-c2ccc(C(F)(F)F)cc2)nc1CN1CCC(C(F)(F)F)CC1. The molecule has 1 aromatic carbocycles. The van der Waals surface area contributed by atoms with E-state index in [1.54, 1.807) is 0 Å². The third-order valence-corrected chi connectivity index (χ3v) is 6.14. The van der Waals surface area contributed by atoms with Gasteiger partial charge >= 0.3 is 12.4 Å². The van der Waals surface area contributed by atoms with Crippen molar-refractivity contribution in [1.29, 1.82) is 0 Å². The molecule has 3 rings (SSSR count). The Labute approximate surface area is 169 Å². The number of benzene rings is 1. The molecule has 2 aromatic rings. The summed E-state index contributed by atoms with van der Waals surface area (Å²) in [5.74, 6) is -1.25. The molecule has 2 heterocycles. The molecule has 0 bridgehead atoms. The summed E-state index contributed by atoms with van der Waals surface area (Å²) in [4.78, 5) is 7.47. The number of piperidine rings is 1. The van der Waals surface area contributed by atoms with Gasteiger partial charge in [-0.25, -0.2) is 4.98 Å². The quantitative estimate of drug-likeness (QED) is 0.494. The minimum absolute atomic E-state index is 0.0756. The Morgan fingerprint density at radius 1 is 1.07 bits per heavy atom. The van der Waals surface area contributed by atoms with E-state index in [4.69, 9.17) is 0 Å². The average Bonchev–Trinajstić information content (AvgIpc) is 3.04. The van der Waals surface area contributed by atoms with E-state index in [0.717, 1.165) is 29.1 Å². The van der Waals surface area contributed by atoms with Crippen molar-refractivity contribution in [3.63, 3.8) is 0 Å². The Morgan fingerprint density at radius 3 is 2.21 bits per heavy atom. The zero-order chi connectivity index (χ0) is 21.2. The largest absolute Gasteiger partial charge is 0.416 e. The van der Waals surface area contributed by atoms with E-state index < -0.39 is 23.8 Å². The van der Waals surface area contributed by atoms with E-state index in [2.05, 4.69) is 4.98 Å². The van der Waals surface area contributed by atoms with Gasteiger partial charge in [0.15, 0.2) is 0 Å². The van der Waals surface area contributed by atoms with Crippen LogP contribution in [0.25, 0.3) is 10.6 Å². The standard InChI is InChI=1S/C20H21F6N2S/c1-2-3-17-16(12-28-10-8-15(9-11-28)20(24,25)26)27-18(29-17)13-4-6-14(7-5-13)19(21,22)23/h3-7,15H,2,8-12H2,1H3. The summed E-state index contributed by atoms with van der Waals surface area (Å²) >= 11 is 1.39. The minimum Gasteiger partial charge on any atom is -0.297 e. The molecular weight excluding hydrogens is 414 g/mol. The van der Waals surface area contributed by atoms with Crippen LogP contribution in [0.3, 0.4) is 0 Å². The highest BCUT2D eigenvalue weighted by Crippen LogP contribution is 2.36. The van der Waals surface area contributed by atoms with Gasteiger partial charge in [-0.1, -0.05) is 19.1 Å². The first-order chi connectivity index (χ1) is 13.6. The summed E-state index contributed by atoms with van der Waals surface area (Å²) in [5.41, 5.74) is 0.638. The van der Waals surface area contributed by atoms with E-state index in [0.29, 0.717) is 30.2 Å². The second kappa shape index (κ2) is 8.63. The second-order valence-electron chi connectivity index (χ2n) is 7.11. The van der Waals surface area contributed by atoms with E-state index in [-0.39, 0.29) is 12.8 Å². The molecule has 0 unspecified atom stereocenters. The third-order valence-electron chi connectivity index (χ3n) is 5.00.